The van der Waals surface area contributed by atoms with Gasteiger partial charge in [0.05, 0.1) is 0 Å². The molecule has 0 bridgehead atoms. The lowest BCUT2D eigenvalue weighted by Crippen LogP contribution is -2.21. The summed E-state index contributed by atoms with van der Waals surface area (Å²) < 4.78 is 14.6. The zero-order chi connectivity index (χ0) is 17.1. The number of nitrogens with two attached hydrogens (primary N) is 1. The molecule has 0 saturated heterocycles. The molecule has 0 atom stereocenters. The van der Waals surface area contributed by atoms with Crippen molar-refractivity contribution in [2.75, 3.05) is 0 Å². The third-order valence-electron chi connectivity index (χ3n) is 4.31. The third kappa shape index (κ3) is 3.37. The van der Waals surface area contributed by atoms with Gasteiger partial charge in [0.1, 0.15) is 5.82 Å². The van der Waals surface area contributed by atoms with Crippen molar-refractivity contribution in [2.45, 2.75) is 20.4 Å². The second-order valence-electron chi connectivity index (χ2n) is 6.08. The minimum Gasteiger partial charge on any atom is -0.271 e. The Morgan fingerprint density at radius 2 is 1.46 bits per heavy atom. The highest BCUT2D eigenvalue weighted by molar-refractivity contribution is 5.71. The van der Waals surface area contributed by atoms with Crippen molar-refractivity contribution >= 4 is 0 Å². The van der Waals surface area contributed by atoms with E-state index in [0.717, 1.165) is 33.4 Å². The molecule has 3 aromatic rings. The van der Waals surface area contributed by atoms with E-state index in [1.807, 2.05) is 62.4 Å². The van der Waals surface area contributed by atoms with Crippen LogP contribution in [0.1, 0.15) is 16.7 Å². The summed E-state index contributed by atoms with van der Waals surface area (Å²) in [6.07, 6.45) is 0. The SMILES string of the molecule is Cc1ccc(-c2ccc(-c3ccc(C)c(CNN)c3)cc2F)cc1. The lowest BCUT2D eigenvalue weighted by Gasteiger charge is -2.10. The van der Waals surface area contributed by atoms with E-state index in [4.69, 9.17) is 5.84 Å². The van der Waals surface area contributed by atoms with Crippen molar-refractivity contribution in [2.24, 2.45) is 5.84 Å². The number of hydrazine groups is 1. The van der Waals surface area contributed by atoms with Gasteiger partial charge in [-0.3, -0.25) is 11.3 Å². The molecule has 122 valence electrons. The van der Waals surface area contributed by atoms with Crippen molar-refractivity contribution in [3.05, 3.63) is 83.2 Å². The molecule has 3 aromatic carbocycles. The van der Waals surface area contributed by atoms with Gasteiger partial charge in [0.25, 0.3) is 0 Å². The molecule has 0 aliphatic carbocycles. The molecule has 0 spiro atoms. The summed E-state index contributed by atoms with van der Waals surface area (Å²) in [7, 11) is 0. The maximum absolute atomic E-state index is 14.6. The Balaban J connectivity index is 1.98. The van der Waals surface area contributed by atoms with Gasteiger partial charge < -0.3 is 0 Å². The molecule has 0 aliphatic heterocycles. The maximum atomic E-state index is 14.6. The van der Waals surface area contributed by atoms with Crippen LogP contribution in [0.5, 0.6) is 0 Å². The summed E-state index contributed by atoms with van der Waals surface area (Å²) in [5.74, 6) is 5.21. The van der Waals surface area contributed by atoms with Gasteiger partial charge in [0, 0.05) is 12.1 Å². The van der Waals surface area contributed by atoms with Crippen LogP contribution in [0.3, 0.4) is 0 Å². The van der Waals surface area contributed by atoms with Crippen LogP contribution in [0.4, 0.5) is 4.39 Å². The summed E-state index contributed by atoms with van der Waals surface area (Å²) in [5, 5.41) is 0. The smallest absolute Gasteiger partial charge is 0.131 e. The summed E-state index contributed by atoms with van der Waals surface area (Å²) in [5.41, 5.74) is 9.47. The van der Waals surface area contributed by atoms with Gasteiger partial charge in [-0.1, -0.05) is 54.1 Å². The molecule has 2 nitrogen and oxygen atoms in total. The van der Waals surface area contributed by atoms with E-state index < -0.39 is 0 Å². The second-order valence-corrected chi connectivity index (χ2v) is 6.08. The maximum Gasteiger partial charge on any atom is 0.131 e. The molecule has 3 heteroatoms. The molecule has 3 rings (SSSR count). The molecule has 0 saturated carbocycles. The van der Waals surface area contributed by atoms with Gasteiger partial charge in [-0.2, -0.15) is 0 Å². The van der Waals surface area contributed by atoms with E-state index in [2.05, 4.69) is 11.5 Å². The highest BCUT2D eigenvalue weighted by atomic mass is 19.1. The topological polar surface area (TPSA) is 38.0 Å². The average Bonchev–Trinajstić information content (AvgIpc) is 2.58. The lowest BCUT2D eigenvalue weighted by molar-refractivity contribution is 0.632. The molecule has 0 aromatic heterocycles. The molecule has 0 radical (unpaired) electrons. The van der Waals surface area contributed by atoms with Gasteiger partial charge in [0.2, 0.25) is 0 Å². The van der Waals surface area contributed by atoms with Gasteiger partial charge in [0.15, 0.2) is 0 Å². The van der Waals surface area contributed by atoms with Gasteiger partial charge in [-0.15, -0.1) is 0 Å². The zero-order valence-corrected chi connectivity index (χ0v) is 13.9. The second kappa shape index (κ2) is 6.95. The van der Waals surface area contributed by atoms with Crippen LogP contribution in [0.15, 0.2) is 60.7 Å². The largest absolute Gasteiger partial charge is 0.271 e. The zero-order valence-electron chi connectivity index (χ0n) is 13.9. The summed E-state index contributed by atoms with van der Waals surface area (Å²) >= 11 is 0. The lowest BCUT2D eigenvalue weighted by atomic mass is 9.96. The first-order valence-electron chi connectivity index (χ1n) is 7.98. The monoisotopic (exact) mass is 320 g/mol. The van der Waals surface area contributed by atoms with Gasteiger partial charge in [-0.25, -0.2) is 4.39 Å². The quantitative estimate of drug-likeness (QED) is 0.538. The number of rotatable bonds is 4. The van der Waals surface area contributed by atoms with Crippen molar-refractivity contribution in [3.8, 4) is 22.3 Å². The highest BCUT2D eigenvalue weighted by Crippen LogP contribution is 2.29. The van der Waals surface area contributed by atoms with E-state index in [9.17, 15) is 4.39 Å². The third-order valence-corrected chi connectivity index (χ3v) is 4.31. The Hall–Kier alpha value is -2.49. The standard InChI is InChI=1S/C21H21FN2/c1-14-3-6-16(7-4-14)20-10-9-18(12-21(20)22)17-8-5-15(2)19(11-17)13-24-23/h3-12,24H,13,23H2,1-2H3. The van der Waals surface area contributed by atoms with E-state index in [1.165, 1.54) is 0 Å². The minimum atomic E-state index is -0.213. The molecular formula is C21H21FN2. The van der Waals surface area contributed by atoms with Crippen LogP contribution in [0.25, 0.3) is 22.3 Å². The first-order valence-corrected chi connectivity index (χ1v) is 7.98. The number of hydrogen-bond acceptors (Lipinski definition) is 2. The molecule has 3 N–H and O–H groups in total. The Labute approximate surface area is 142 Å². The molecule has 0 amide bonds. The fourth-order valence-electron chi connectivity index (χ4n) is 2.81. The van der Waals surface area contributed by atoms with Gasteiger partial charge >= 0.3 is 0 Å². The fraction of sp³-hybridized carbons (Fsp3) is 0.143. The average molecular weight is 320 g/mol. The highest BCUT2D eigenvalue weighted by Gasteiger charge is 2.08. The van der Waals surface area contributed by atoms with Crippen LogP contribution < -0.4 is 11.3 Å². The number of benzene rings is 3. The summed E-state index contributed by atoms with van der Waals surface area (Å²) in [6, 6.07) is 19.4. The van der Waals surface area contributed by atoms with Crippen LogP contribution in [-0.2, 0) is 6.54 Å². The van der Waals surface area contributed by atoms with Crippen LogP contribution in [0.2, 0.25) is 0 Å². The van der Waals surface area contributed by atoms with Gasteiger partial charge in [-0.05, 0) is 53.8 Å². The van der Waals surface area contributed by atoms with Crippen LogP contribution in [-0.4, -0.2) is 0 Å². The molecule has 0 aliphatic rings. The molecule has 24 heavy (non-hydrogen) atoms. The minimum absolute atomic E-state index is 0.213. The Morgan fingerprint density at radius 3 is 2.12 bits per heavy atom. The predicted molar refractivity (Wildman–Crippen MR) is 97.8 cm³/mol. The normalized spacial score (nSPS) is 10.8. The molecule has 0 heterocycles. The predicted octanol–water partition coefficient (Wildman–Crippen LogP) is 4.74. The molecule has 0 unspecified atom stereocenters. The van der Waals surface area contributed by atoms with E-state index in [1.54, 1.807) is 6.07 Å². The summed E-state index contributed by atoms with van der Waals surface area (Å²) in [6.45, 7) is 4.65. The Bertz CT molecular complexity index is 854. The van der Waals surface area contributed by atoms with Crippen molar-refractivity contribution < 1.29 is 4.39 Å². The summed E-state index contributed by atoms with van der Waals surface area (Å²) in [4.78, 5) is 0. The fourth-order valence-corrected chi connectivity index (χ4v) is 2.81. The number of halogens is 1. The van der Waals surface area contributed by atoms with Crippen LogP contribution >= 0.6 is 0 Å². The van der Waals surface area contributed by atoms with E-state index in [0.29, 0.717) is 12.1 Å². The number of aryl methyl sites for hydroxylation is 2. The van der Waals surface area contributed by atoms with E-state index in [-0.39, 0.29) is 5.82 Å². The van der Waals surface area contributed by atoms with Crippen molar-refractivity contribution in [3.63, 3.8) is 0 Å². The molecular weight excluding hydrogens is 299 g/mol. The van der Waals surface area contributed by atoms with Crippen molar-refractivity contribution in [1.82, 2.24) is 5.43 Å². The van der Waals surface area contributed by atoms with Crippen molar-refractivity contribution in [1.29, 1.82) is 0 Å². The Kier molecular flexibility index (Phi) is 4.74. The number of hydrogen-bond donors (Lipinski definition) is 2. The van der Waals surface area contributed by atoms with E-state index >= 15 is 0 Å². The Morgan fingerprint density at radius 1 is 0.833 bits per heavy atom. The molecule has 0 fully saturated rings. The number of nitrogens with one attached hydrogen (secondary N) is 1. The van der Waals surface area contributed by atoms with Crippen LogP contribution in [0, 0.1) is 19.7 Å². The first kappa shape index (κ1) is 16.4. The first-order chi connectivity index (χ1) is 11.6.